The molecule has 8 nitrogen and oxygen atoms in total. The second-order valence-corrected chi connectivity index (χ2v) is 7.80. The summed E-state index contributed by atoms with van der Waals surface area (Å²) in [5.74, 6) is -0.760. The van der Waals surface area contributed by atoms with Gasteiger partial charge in [0.2, 0.25) is 0 Å². The number of benzene rings is 1. The summed E-state index contributed by atoms with van der Waals surface area (Å²) in [6.45, 7) is 1.38. The van der Waals surface area contributed by atoms with Gasteiger partial charge >= 0.3 is 5.97 Å². The standard InChI is InChI=1S/C23H21N5O3/c29-22-17(12-19(26-27-22)15-5-7-24-8-6-15)20-11-16-10-14(3-4-18(16)25-20)13-28-9-1-2-21(28)23(30)31/h3-8,10-12,21,25H,1-2,9,13H2,(H,27,29)(H,30,31)/t21-/m0/s1. The maximum absolute atomic E-state index is 12.5. The molecular formula is C23H21N5O3. The lowest BCUT2D eigenvalue weighted by molar-refractivity contribution is -0.142. The van der Waals surface area contributed by atoms with Crippen LogP contribution in [0.2, 0.25) is 0 Å². The third kappa shape index (κ3) is 3.73. The molecule has 0 amide bonds. The first-order chi connectivity index (χ1) is 15.1. The minimum atomic E-state index is -0.760. The number of rotatable bonds is 5. The molecule has 0 radical (unpaired) electrons. The summed E-state index contributed by atoms with van der Waals surface area (Å²) < 4.78 is 0. The van der Waals surface area contributed by atoms with Crippen LogP contribution in [0.25, 0.3) is 33.4 Å². The Labute approximate surface area is 177 Å². The number of aromatic nitrogens is 4. The highest BCUT2D eigenvalue weighted by Crippen LogP contribution is 2.27. The number of hydrogen-bond acceptors (Lipinski definition) is 5. The van der Waals surface area contributed by atoms with E-state index >= 15 is 0 Å². The molecule has 8 heteroatoms. The highest BCUT2D eigenvalue weighted by Gasteiger charge is 2.30. The van der Waals surface area contributed by atoms with Crippen LogP contribution in [-0.2, 0) is 11.3 Å². The summed E-state index contributed by atoms with van der Waals surface area (Å²) in [5.41, 5.74) is 4.42. The van der Waals surface area contributed by atoms with Crippen molar-refractivity contribution >= 4 is 16.9 Å². The van der Waals surface area contributed by atoms with Gasteiger partial charge in [0, 0.05) is 35.4 Å². The second kappa shape index (κ2) is 7.81. The van der Waals surface area contributed by atoms with E-state index in [0.717, 1.165) is 35.0 Å². The van der Waals surface area contributed by atoms with Crippen LogP contribution < -0.4 is 5.56 Å². The number of nitrogens with zero attached hydrogens (tertiary/aromatic N) is 3. The van der Waals surface area contributed by atoms with Crippen molar-refractivity contribution in [3.63, 3.8) is 0 Å². The minimum Gasteiger partial charge on any atom is -0.480 e. The molecule has 4 heterocycles. The Kier molecular flexibility index (Phi) is 4.83. The molecule has 1 aromatic carbocycles. The van der Waals surface area contributed by atoms with Gasteiger partial charge in [-0.15, -0.1) is 0 Å². The van der Waals surface area contributed by atoms with E-state index < -0.39 is 12.0 Å². The van der Waals surface area contributed by atoms with E-state index in [1.54, 1.807) is 18.5 Å². The quantitative estimate of drug-likeness (QED) is 0.462. The van der Waals surface area contributed by atoms with Crippen LogP contribution in [0.15, 0.2) is 59.7 Å². The molecule has 4 aromatic rings. The molecule has 156 valence electrons. The number of carboxylic acid groups (broad SMARTS) is 1. The first-order valence-corrected chi connectivity index (χ1v) is 10.2. The molecule has 3 N–H and O–H groups in total. The average molecular weight is 415 g/mol. The van der Waals surface area contributed by atoms with E-state index in [0.29, 0.717) is 29.9 Å². The number of H-pyrrole nitrogens is 2. The number of carbonyl (C=O) groups is 1. The summed E-state index contributed by atoms with van der Waals surface area (Å²) in [5, 5.41) is 17.1. The number of aliphatic carboxylic acids is 1. The van der Waals surface area contributed by atoms with Gasteiger partial charge in [-0.05, 0) is 61.3 Å². The molecule has 0 unspecified atom stereocenters. The largest absolute Gasteiger partial charge is 0.480 e. The lowest BCUT2D eigenvalue weighted by Gasteiger charge is -2.20. The normalized spacial score (nSPS) is 16.7. The Balaban J connectivity index is 1.47. The topological polar surface area (TPSA) is 115 Å². The highest BCUT2D eigenvalue weighted by atomic mass is 16.4. The first-order valence-electron chi connectivity index (χ1n) is 10.2. The summed E-state index contributed by atoms with van der Waals surface area (Å²) in [6, 6.07) is 13.0. The molecule has 1 atom stereocenters. The number of aromatic amines is 2. The van der Waals surface area contributed by atoms with Crippen LogP contribution in [0.1, 0.15) is 18.4 Å². The molecule has 0 aliphatic carbocycles. The molecule has 1 fully saturated rings. The Hall–Kier alpha value is -3.78. The summed E-state index contributed by atoms with van der Waals surface area (Å²) in [7, 11) is 0. The van der Waals surface area contributed by atoms with Gasteiger partial charge < -0.3 is 10.1 Å². The molecule has 1 aliphatic rings. The number of hydrogen-bond donors (Lipinski definition) is 3. The van der Waals surface area contributed by atoms with Crippen LogP contribution >= 0.6 is 0 Å². The number of nitrogens with one attached hydrogen (secondary N) is 2. The fourth-order valence-corrected chi connectivity index (χ4v) is 4.23. The smallest absolute Gasteiger partial charge is 0.320 e. The summed E-state index contributed by atoms with van der Waals surface area (Å²) in [6.07, 6.45) is 4.96. The minimum absolute atomic E-state index is 0.272. The zero-order valence-corrected chi connectivity index (χ0v) is 16.7. The van der Waals surface area contributed by atoms with Crippen LogP contribution in [0, 0.1) is 0 Å². The molecule has 31 heavy (non-hydrogen) atoms. The summed E-state index contributed by atoms with van der Waals surface area (Å²) >= 11 is 0. The molecule has 1 aliphatic heterocycles. The second-order valence-electron chi connectivity index (χ2n) is 7.80. The molecule has 0 saturated carbocycles. The van der Waals surface area contributed by atoms with Gasteiger partial charge in [0.05, 0.1) is 17.0 Å². The van der Waals surface area contributed by atoms with Crippen molar-refractivity contribution < 1.29 is 9.90 Å². The first kappa shape index (κ1) is 19.2. The maximum Gasteiger partial charge on any atom is 0.320 e. The van der Waals surface area contributed by atoms with E-state index in [4.69, 9.17) is 0 Å². The van der Waals surface area contributed by atoms with Crippen molar-refractivity contribution in [2.75, 3.05) is 6.54 Å². The van der Waals surface area contributed by atoms with Gasteiger partial charge in [-0.25, -0.2) is 5.10 Å². The monoisotopic (exact) mass is 415 g/mol. The molecule has 0 spiro atoms. The molecule has 1 saturated heterocycles. The predicted octanol–water partition coefficient (Wildman–Crippen LogP) is 3.03. The fourth-order valence-electron chi connectivity index (χ4n) is 4.23. The molecule has 0 bridgehead atoms. The lowest BCUT2D eigenvalue weighted by Crippen LogP contribution is -2.35. The molecule has 5 rings (SSSR count). The Morgan fingerprint density at radius 1 is 1.16 bits per heavy atom. The summed E-state index contributed by atoms with van der Waals surface area (Å²) in [4.78, 5) is 33.2. The van der Waals surface area contributed by atoms with E-state index in [2.05, 4.69) is 20.2 Å². The Morgan fingerprint density at radius 3 is 2.81 bits per heavy atom. The van der Waals surface area contributed by atoms with Gasteiger partial charge in [-0.3, -0.25) is 19.5 Å². The predicted molar refractivity (Wildman–Crippen MR) is 116 cm³/mol. The fraction of sp³-hybridized carbons (Fsp3) is 0.217. The van der Waals surface area contributed by atoms with Crippen LogP contribution in [-0.4, -0.2) is 48.7 Å². The van der Waals surface area contributed by atoms with Crippen molar-refractivity contribution in [1.29, 1.82) is 0 Å². The number of pyridine rings is 1. The third-order valence-corrected chi connectivity index (χ3v) is 5.79. The molecular weight excluding hydrogens is 394 g/mol. The van der Waals surface area contributed by atoms with E-state index in [9.17, 15) is 14.7 Å². The van der Waals surface area contributed by atoms with E-state index in [-0.39, 0.29) is 5.56 Å². The van der Waals surface area contributed by atoms with Crippen molar-refractivity contribution in [3.05, 3.63) is 70.8 Å². The van der Waals surface area contributed by atoms with Crippen molar-refractivity contribution in [3.8, 4) is 22.5 Å². The Morgan fingerprint density at radius 2 is 2.00 bits per heavy atom. The van der Waals surface area contributed by atoms with Crippen molar-refractivity contribution in [2.24, 2.45) is 0 Å². The van der Waals surface area contributed by atoms with E-state index in [1.807, 2.05) is 41.3 Å². The van der Waals surface area contributed by atoms with Crippen molar-refractivity contribution in [1.82, 2.24) is 25.1 Å². The average Bonchev–Trinajstić information content (AvgIpc) is 3.41. The number of carboxylic acids is 1. The zero-order chi connectivity index (χ0) is 21.4. The third-order valence-electron chi connectivity index (χ3n) is 5.79. The van der Waals surface area contributed by atoms with Gasteiger partial charge in [0.15, 0.2) is 0 Å². The molecule has 3 aromatic heterocycles. The number of likely N-dealkylation sites (tertiary alicyclic amines) is 1. The van der Waals surface area contributed by atoms with E-state index in [1.165, 1.54) is 0 Å². The van der Waals surface area contributed by atoms with Gasteiger partial charge in [0.25, 0.3) is 5.56 Å². The maximum atomic E-state index is 12.5. The van der Waals surface area contributed by atoms with Crippen LogP contribution in [0.3, 0.4) is 0 Å². The van der Waals surface area contributed by atoms with Crippen molar-refractivity contribution in [2.45, 2.75) is 25.4 Å². The van der Waals surface area contributed by atoms with Gasteiger partial charge in [0.1, 0.15) is 6.04 Å². The van der Waals surface area contributed by atoms with Gasteiger partial charge in [-0.2, -0.15) is 5.10 Å². The number of fused-ring (bicyclic) bond motifs is 1. The van der Waals surface area contributed by atoms with Crippen LogP contribution in [0.4, 0.5) is 0 Å². The lowest BCUT2D eigenvalue weighted by atomic mass is 10.1. The zero-order valence-electron chi connectivity index (χ0n) is 16.7. The van der Waals surface area contributed by atoms with Crippen LogP contribution in [0.5, 0.6) is 0 Å². The highest BCUT2D eigenvalue weighted by molar-refractivity contribution is 5.86. The SMILES string of the molecule is O=C(O)[C@@H]1CCCN1Cc1ccc2[nH]c(-c3cc(-c4ccncc4)n[nH]c3=O)cc2c1. The van der Waals surface area contributed by atoms with Gasteiger partial charge in [-0.1, -0.05) is 6.07 Å². The Bertz CT molecular complexity index is 1310.